The Bertz CT molecular complexity index is 1810. The number of rotatable bonds is 73. The van der Waals surface area contributed by atoms with Gasteiger partial charge in [0.05, 0.1) is 26.4 Å². The largest absolute Gasteiger partial charge is 0.472 e. The van der Waals surface area contributed by atoms with Crippen LogP contribution in [0, 0.1) is 11.8 Å². The summed E-state index contributed by atoms with van der Waals surface area (Å²) in [5.41, 5.74) is 0. The van der Waals surface area contributed by atoms with Crippen molar-refractivity contribution in [2.45, 2.75) is 400 Å². The molecule has 93 heavy (non-hydrogen) atoms. The van der Waals surface area contributed by atoms with E-state index < -0.39 is 97.5 Å². The van der Waals surface area contributed by atoms with Crippen molar-refractivity contribution in [2.24, 2.45) is 11.8 Å². The molecule has 0 aromatic rings. The Labute approximate surface area is 568 Å². The SMILES string of the molecule is CCCCCCCCCCCCCCCCCCCCCCC(=O)O[C@H](COC(=O)CCCCCCCCCCCCCCCCC(C)CC)COP(=O)(O)OC[C@@H](O)COP(=O)(O)OC[C@@H](COC(=O)CCCCCCC)OC(=O)CCCCCCCCCC(C)C. The normalized spacial score (nSPS) is 14.3. The van der Waals surface area contributed by atoms with Gasteiger partial charge < -0.3 is 33.8 Å². The topological polar surface area (TPSA) is 237 Å². The fraction of sp³-hybridized carbons (Fsp3) is 0.946. The second kappa shape index (κ2) is 66.0. The van der Waals surface area contributed by atoms with E-state index in [0.717, 1.165) is 102 Å². The van der Waals surface area contributed by atoms with Gasteiger partial charge in [0.2, 0.25) is 0 Å². The van der Waals surface area contributed by atoms with Gasteiger partial charge in [-0.25, -0.2) is 9.13 Å². The van der Waals surface area contributed by atoms with Crippen LogP contribution in [-0.2, 0) is 65.4 Å². The number of esters is 4. The molecule has 0 aromatic carbocycles. The van der Waals surface area contributed by atoms with Gasteiger partial charge in [-0.3, -0.25) is 37.3 Å². The standard InChI is InChI=1S/C74H144O17P2/c1-7-10-12-14-15-16-17-18-19-20-21-22-23-24-29-32-35-40-46-52-58-73(78)91-70(63-85-72(77)57-51-45-39-34-31-28-26-25-27-30-33-38-44-49-55-67(6)9-3)65-89-93(82,83)87-61-68(75)60-86-92(80,81)88-64-69(62-84-71(76)56-50-42-13-11-8-2)90-74(79)59-53-47-41-36-37-43-48-54-66(4)5/h66-70,75H,7-65H2,1-6H3,(H,80,81)(H,82,83)/t67?,68-,69+,70+/m0/s1. The van der Waals surface area contributed by atoms with Crippen LogP contribution in [0.3, 0.4) is 0 Å². The maximum absolute atomic E-state index is 13.1. The maximum atomic E-state index is 13.1. The highest BCUT2D eigenvalue weighted by atomic mass is 31.2. The number of carbonyl (C=O) groups excluding carboxylic acids is 4. The van der Waals surface area contributed by atoms with Gasteiger partial charge >= 0.3 is 39.5 Å². The van der Waals surface area contributed by atoms with Crippen LogP contribution < -0.4 is 0 Å². The van der Waals surface area contributed by atoms with Crippen LogP contribution in [0.5, 0.6) is 0 Å². The summed E-state index contributed by atoms with van der Waals surface area (Å²) in [6, 6.07) is 0. The van der Waals surface area contributed by atoms with Gasteiger partial charge in [-0.2, -0.15) is 0 Å². The summed E-state index contributed by atoms with van der Waals surface area (Å²) in [7, 11) is -9.90. The van der Waals surface area contributed by atoms with Crippen LogP contribution in [0.4, 0.5) is 0 Å². The number of carbonyl (C=O) groups is 4. The predicted molar refractivity (Wildman–Crippen MR) is 377 cm³/mol. The molecule has 17 nitrogen and oxygen atoms in total. The monoisotopic (exact) mass is 1370 g/mol. The highest BCUT2D eigenvalue weighted by molar-refractivity contribution is 7.47. The van der Waals surface area contributed by atoms with E-state index in [0.29, 0.717) is 31.6 Å². The minimum absolute atomic E-state index is 0.103. The van der Waals surface area contributed by atoms with Gasteiger partial charge in [0, 0.05) is 25.7 Å². The number of aliphatic hydroxyl groups excluding tert-OH is 1. The van der Waals surface area contributed by atoms with Gasteiger partial charge in [-0.1, -0.05) is 330 Å². The molecule has 6 atom stereocenters. The first kappa shape index (κ1) is 91.1. The fourth-order valence-corrected chi connectivity index (χ4v) is 12.8. The number of hydrogen-bond acceptors (Lipinski definition) is 15. The summed E-state index contributed by atoms with van der Waals surface area (Å²) < 4.78 is 68.2. The summed E-state index contributed by atoms with van der Waals surface area (Å²) >= 11 is 0. The molecule has 552 valence electrons. The number of phosphoric ester groups is 2. The third-order valence-electron chi connectivity index (χ3n) is 17.6. The molecule has 0 fully saturated rings. The average molecular weight is 1370 g/mol. The van der Waals surface area contributed by atoms with Crippen LogP contribution >= 0.6 is 15.6 Å². The van der Waals surface area contributed by atoms with Gasteiger partial charge in [0.25, 0.3) is 0 Å². The van der Waals surface area contributed by atoms with E-state index >= 15 is 0 Å². The molecule has 0 amide bonds. The van der Waals surface area contributed by atoms with Gasteiger partial charge in [0.1, 0.15) is 19.3 Å². The second-order valence-electron chi connectivity index (χ2n) is 27.4. The van der Waals surface area contributed by atoms with Crippen LogP contribution in [0.15, 0.2) is 0 Å². The van der Waals surface area contributed by atoms with Crippen molar-refractivity contribution in [3.05, 3.63) is 0 Å². The summed E-state index contributed by atoms with van der Waals surface area (Å²) in [6.07, 6.45) is 53.3. The molecule has 0 radical (unpaired) electrons. The first-order chi connectivity index (χ1) is 44.9. The van der Waals surface area contributed by atoms with Gasteiger partial charge in [0.15, 0.2) is 12.2 Å². The molecular formula is C74H144O17P2. The Morgan fingerprint density at radius 2 is 0.548 bits per heavy atom. The summed E-state index contributed by atoms with van der Waals surface area (Å²) in [5.74, 6) is -0.587. The summed E-state index contributed by atoms with van der Waals surface area (Å²) in [4.78, 5) is 72.4. The van der Waals surface area contributed by atoms with Gasteiger partial charge in [-0.15, -0.1) is 0 Å². The number of phosphoric acid groups is 2. The molecule has 0 spiro atoms. The maximum Gasteiger partial charge on any atom is 0.472 e. The van der Waals surface area contributed by atoms with Crippen LogP contribution in [-0.4, -0.2) is 96.7 Å². The van der Waals surface area contributed by atoms with E-state index in [2.05, 4.69) is 41.5 Å². The molecule has 0 saturated carbocycles. The molecule has 3 N–H and O–H groups in total. The Kier molecular flexibility index (Phi) is 64.6. The van der Waals surface area contributed by atoms with Crippen LogP contribution in [0.25, 0.3) is 0 Å². The van der Waals surface area contributed by atoms with E-state index in [-0.39, 0.29) is 25.7 Å². The Morgan fingerprint density at radius 1 is 0.312 bits per heavy atom. The second-order valence-corrected chi connectivity index (χ2v) is 30.3. The van der Waals surface area contributed by atoms with Crippen molar-refractivity contribution in [3.8, 4) is 0 Å². The molecule has 19 heteroatoms. The quantitative estimate of drug-likeness (QED) is 0.0222. The lowest BCUT2D eigenvalue weighted by atomic mass is 9.99. The highest BCUT2D eigenvalue weighted by Gasteiger charge is 2.30. The van der Waals surface area contributed by atoms with Crippen molar-refractivity contribution >= 4 is 39.5 Å². The minimum atomic E-state index is -4.95. The first-order valence-electron chi connectivity index (χ1n) is 38.5. The average Bonchev–Trinajstić information content (AvgIpc) is 3.17. The number of aliphatic hydroxyl groups is 1. The Morgan fingerprint density at radius 3 is 0.817 bits per heavy atom. The number of hydrogen-bond donors (Lipinski definition) is 3. The zero-order valence-corrected chi connectivity index (χ0v) is 62.3. The van der Waals surface area contributed by atoms with Crippen molar-refractivity contribution in [2.75, 3.05) is 39.6 Å². The summed E-state index contributed by atoms with van der Waals surface area (Å²) in [6.45, 7) is 9.47. The van der Waals surface area contributed by atoms with Crippen molar-refractivity contribution < 1.29 is 80.2 Å². The third kappa shape index (κ3) is 67.0. The predicted octanol–water partition coefficient (Wildman–Crippen LogP) is 21.6. The van der Waals surface area contributed by atoms with E-state index in [1.54, 1.807) is 0 Å². The molecule has 0 aliphatic rings. The molecule has 0 saturated heterocycles. The lowest BCUT2D eigenvalue weighted by Crippen LogP contribution is -2.30. The minimum Gasteiger partial charge on any atom is -0.462 e. The fourth-order valence-electron chi connectivity index (χ4n) is 11.3. The molecular weight excluding hydrogens is 1220 g/mol. The van der Waals surface area contributed by atoms with E-state index in [1.807, 2.05) is 0 Å². The van der Waals surface area contributed by atoms with Crippen molar-refractivity contribution in [1.29, 1.82) is 0 Å². The summed E-state index contributed by atoms with van der Waals surface area (Å²) in [5, 5.41) is 10.6. The zero-order valence-electron chi connectivity index (χ0n) is 60.6. The zero-order chi connectivity index (χ0) is 68.6. The highest BCUT2D eigenvalue weighted by Crippen LogP contribution is 2.45. The molecule has 3 unspecified atom stereocenters. The molecule has 0 aliphatic carbocycles. The first-order valence-corrected chi connectivity index (χ1v) is 41.5. The number of unbranched alkanes of at least 4 members (excludes halogenated alkanes) is 42. The van der Waals surface area contributed by atoms with E-state index in [4.69, 9.17) is 37.0 Å². The van der Waals surface area contributed by atoms with Crippen LogP contribution in [0.2, 0.25) is 0 Å². The smallest absolute Gasteiger partial charge is 0.462 e. The van der Waals surface area contributed by atoms with E-state index in [9.17, 15) is 43.2 Å². The molecule has 0 rings (SSSR count). The molecule has 0 aromatic heterocycles. The van der Waals surface area contributed by atoms with Crippen molar-refractivity contribution in [1.82, 2.24) is 0 Å². The molecule has 0 bridgehead atoms. The lowest BCUT2D eigenvalue weighted by molar-refractivity contribution is -0.161. The molecule has 0 aliphatic heterocycles. The van der Waals surface area contributed by atoms with Crippen LogP contribution in [0.1, 0.15) is 382 Å². The van der Waals surface area contributed by atoms with Crippen molar-refractivity contribution in [3.63, 3.8) is 0 Å². The Balaban J connectivity index is 5.12. The lowest BCUT2D eigenvalue weighted by Gasteiger charge is -2.21. The molecule has 0 heterocycles. The van der Waals surface area contributed by atoms with E-state index in [1.165, 1.54) is 193 Å². The number of ether oxygens (including phenoxy) is 4. The third-order valence-corrected chi connectivity index (χ3v) is 19.5. The van der Waals surface area contributed by atoms with Gasteiger partial charge in [-0.05, 0) is 37.5 Å². The Hall–Kier alpha value is -1.94.